The summed E-state index contributed by atoms with van der Waals surface area (Å²) in [5, 5.41) is 0. The van der Waals surface area contributed by atoms with Gasteiger partial charge in [0, 0.05) is 17.6 Å². The first-order valence-electron chi connectivity index (χ1n) is 6.16. The molecule has 0 aromatic heterocycles. The molecule has 0 fully saturated rings. The van der Waals surface area contributed by atoms with Gasteiger partial charge in [0.25, 0.3) is 0 Å². The summed E-state index contributed by atoms with van der Waals surface area (Å²) >= 11 is 0. The lowest BCUT2D eigenvalue weighted by molar-refractivity contribution is 0.409. The minimum atomic E-state index is -3.55. The normalized spacial score (nSPS) is 12.5. The first-order chi connectivity index (χ1) is 8.75. The zero-order chi connectivity index (χ0) is 14.7. The Morgan fingerprint density at radius 1 is 1.37 bits per heavy atom. The van der Waals surface area contributed by atoms with E-state index in [4.69, 9.17) is 10.5 Å². The van der Waals surface area contributed by atoms with Crippen molar-refractivity contribution < 1.29 is 13.2 Å². The Morgan fingerprint density at radius 2 is 2.00 bits per heavy atom. The number of ether oxygens (including phenoxy) is 1. The number of sulfonamides is 1. The topological polar surface area (TPSA) is 81.4 Å². The van der Waals surface area contributed by atoms with Crippen LogP contribution in [0.2, 0.25) is 0 Å². The van der Waals surface area contributed by atoms with E-state index >= 15 is 0 Å². The Bertz CT molecular complexity index is 539. The lowest BCUT2D eigenvalue weighted by Crippen LogP contribution is -2.42. The lowest BCUT2D eigenvalue weighted by Gasteiger charge is -2.24. The Morgan fingerprint density at radius 3 is 2.47 bits per heavy atom. The van der Waals surface area contributed by atoms with E-state index < -0.39 is 15.6 Å². The maximum Gasteiger partial charge on any atom is 0.241 e. The first kappa shape index (κ1) is 15.9. The van der Waals surface area contributed by atoms with Crippen LogP contribution in [-0.4, -0.2) is 21.1 Å². The van der Waals surface area contributed by atoms with E-state index in [1.54, 1.807) is 12.1 Å². The minimum absolute atomic E-state index is 0.204. The molecule has 0 aliphatic heterocycles. The highest BCUT2D eigenvalue weighted by Crippen LogP contribution is 2.23. The Balaban J connectivity index is 3.16. The van der Waals surface area contributed by atoms with Crippen molar-refractivity contribution in [3.8, 4) is 5.75 Å². The van der Waals surface area contributed by atoms with Crippen molar-refractivity contribution in [2.45, 2.75) is 44.2 Å². The molecular formula is C13H22N2O3S. The molecule has 0 heterocycles. The van der Waals surface area contributed by atoms with Gasteiger partial charge >= 0.3 is 0 Å². The van der Waals surface area contributed by atoms with Gasteiger partial charge in [-0.2, -0.15) is 0 Å². The van der Waals surface area contributed by atoms with Gasteiger partial charge in [-0.05, 0) is 38.5 Å². The maximum atomic E-state index is 12.3. The number of nitrogens with two attached hydrogens (primary N) is 1. The number of benzene rings is 1. The number of hydrogen-bond acceptors (Lipinski definition) is 4. The molecule has 1 aromatic carbocycles. The molecular weight excluding hydrogens is 264 g/mol. The third kappa shape index (κ3) is 3.92. The Kier molecular flexibility index (Phi) is 4.95. The summed E-state index contributed by atoms with van der Waals surface area (Å²) in [7, 11) is -2.02. The SMILES string of the molecule is CCC(C)(C)NS(=O)(=O)c1ccc(OC)c(CN)c1. The van der Waals surface area contributed by atoms with Crippen molar-refractivity contribution in [1.82, 2.24) is 4.72 Å². The zero-order valence-electron chi connectivity index (χ0n) is 11.9. The predicted octanol–water partition coefficient (Wildman–Crippen LogP) is 1.62. The van der Waals surface area contributed by atoms with E-state index in [0.29, 0.717) is 17.7 Å². The third-order valence-electron chi connectivity index (χ3n) is 3.08. The van der Waals surface area contributed by atoms with Gasteiger partial charge in [0.2, 0.25) is 10.0 Å². The highest BCUT2D eigenvalue weighted by Gasteiger charge is 2.25. The molecule has 0 aliphatic rings. The summed E-state index contributed by atoms with van der Waals surface area (Å²) in [5.74, 6) is 0.594. The Labute approximate surface area is 115 Å². The fourth-order valence-corrected chi connectivity index (χ4v) is 3.11. The first-order valence-corrected chi connectivity index (χ1v) is 7.65. The fourth-order valence-electron chi connectivity index (χ4n) is 1.58. The molecule has 6 heteroatoms. The summed E-state index contributed by atoms with van der Waals surface area (Å²) in [5.41, 5.74) is 5.78. The summed E-state index contributed by atoms with van der Waals surface area (Å²) in [6.07, 6.45) is 0.701. The summed E-state index contributed by atoms with van der Waals surface area (Å²) < 4.78 is 32.4. The van der Waals surface area contributed by atoms with Crippen molar-refractivity contribution in [2.24, 2.45) is 5.73 Å². The summed E-state index contributed by atoms with van der Waals surface area (Å²) in [6, 6.07) is 4.69. The highest BCUT2D eigenvalue weighted by molar-refractivity contribution is 7.89. The van der Waals surface area contributed by atoms with Gasteiger partial charge in [-0.1, -0.05) is 6.92 Å². The van der Waals surface area contributed by atoms with Gasteiger partial charge in [-0.25, -0.2) is 13.1 Å². The van der Waals surface area contributed by atoms with Crippen LogP contribution in [0.1, 0.15) is 32.8 Å². The van der Waals surface area contributed by atoms with Gasteiger partial charge in [0.15, 0.2) is 0 Å². The van der Waals surface area contributed by atoms with Crippen molar-refractivity contribution >= 4 is 10.0 Å². The van der Waals surface area contributed by atoms with Crippen molar-refractivity contribution in [3.05, 3.63) is 23.8 Å². The van der Waals surface area contributed by atoms with Crippen molar-refractivity contribution in [2.75, 3.05) is 7.11 Å². The maximum absolute atomic E-state index is 12.3. The summed E-state index contributed by atoms with van der Waals surface area (Å²) in [6.45, 7) is 5.85. The molecule has 1 rings (SSSR count). The largest absolute Gasteiger partial charge is 0.496 e. The van der Waals surface area contributed by atoms with Gasteiger partial charge in [-0.15, -0.1) is 0 Å². The van der Waals surface area contributed by atoms with E-state index in [-0.39, 0.29) is 11.4 Å². The van der Waals surface area contributed by atoms with E-state index in [9.17, 15) is 8.42 Å². The van der Waals surface area contributed by atoms with Crippen molar-refractivity contribution in [3.63, 3.8) is 0 Å². The van der Waals surface area contributed by atoms with Gasteiger partial charge in [-0.3, -0.25) is 0 Å². The highest BCUT2D eigenvalue weighted by atomic mass is 32.2. The number of nitrogens with one attached hydrogen (secondary N) is 1. The number of methoxy groups -OCH3 is 1. The fraction of sp³-hybridized carbons (Fsp3) is 0.538. The quantitative estimate of drug-likeness (QED) is 0.832. The molecule has 0 bridgehead atoms. The van der Waals surface area contributed by atoms with Crippen LogP contribution in [0.5, 0.6) is 5.75 Å². The zero-order valence-corrected chi connectivity index (χ0v) is 12.7. The monoisotopic (exact) mass is 286 g/mol. The van der Waals surface area contributed by atoms with Crippen LogP contribution in [0.3, 0.4) is 0 Å². The standard InChI is InChI=1S/C13H22N2O3S/c1-5-13(2,3)15-19(16,17)11-6-7-12(18-4)10(8-11)9-14/h6-8,15H,5,9,14H2,1-4H3. The Hall–Kier alpha value is -1.11. The number of hydrogen-bond donors (Lipinski definition) is 2. The molecule has 0 aliphatic carbocycles. The van der Waals surface area contributed by atoms with Gasteiger partial charge < -0.3 is 10.5 Å². The minimum Gasteiger partial charge on any atom is -0.496 e. The molecule has 5 nitrogen and oxygen atoms in total. The third-order valence-corrected chi connectivity index (χ3v) is 4.77. The second-order valence-electron chi connectivity index (χ2n) is 5.02. The van der Waals surface area contributed by atoms with Gasteiger partial charge in [0.05, 0.1) is 12.0 Å². The molecule has 0 spiro atoms. The summed E-state index contributed by atoms with van der Waals surface area (Å²) in [4.78, 5) is 0.204. The van der Waals surface area contributed by atoms with Crippen LogP contribution < -0.4 is 15.2 Å². The average Bonchev–Trinajstić information content (AvgIpc) is 2.36. The lowest BCUT2D eigenvalue weighted by atomic mass is 10.0. The molecule has 0 unspecified atom stereocenters. The van der Waals surface area contributed by atoms with E-state index in [0.717, 1.165) is 0 Å². The molecule has 3 N–H and O–H groups in total. The van der Waals surface area contributed by atoms with Gasteiger partial charge in [0.1, 0.15) is 5.75 Å². The van der Waals surface area contributed by atoms with Crippen LogP contribution in [-0.2, 0) is 16.6 Å². The molecule has 0 atom stereocenters. The van der Waals surface area contributed by atoms with E-state index in [1.165, 1.54) is 13.2 Å². The van der Waals surface area contributed by atoms with Crippen LogP contribution in [0.15, 0.2) is 23.1 Å². The van der Waals surface area contributed by atoms with Crippen LogP contribution in [0.25, 0.3) is 0 Å². The molecule has 0 saturated heterocycles. The molecule has 0 radical (unpaired) electrons. The second kappa shape index (κ2) is 5.90. The predicted molar refractivity (Wildman–Crippen MR) is 75.6 cm³/mol. The molecule has 19 heavy (non-hydrogen) atoms. The molecule has 108 valence electrons. The number of rotatable bonds is 6. The molecule has 0 amide bonds. The molecule has 0 saturated carbocycles. The average molecular weight is 286 g/mol. The van der Waals surface area contributed by atoms with E-state index in [1.807, 2.05) is 20.8 Å². The van der Waals surface area contributed by atoms with Crippen LogP contribution in [0.4, 0.5) is 0 Å². The van der Waals surface area contributed by atoms with Crippen LogP contribution >= 0.6 is 0 Å². The van der Waals surface area contributed by atoms with Crippen LogP contribution in [0, 0.1) is 0 Å². The smallest absolute Gasteiger partial charge is 0.241 e. The van der Waals surface area contributed by atoms with E-state index in [2.05, 4.69) is 4.72 Å². The van der Waals surface area contributed by atoms with Crippen molar-refractivity contribution in [1.29, 1.82) is 0 Å². The second-order valence-corrected chi connectivity index (χ2v) is 6.70. The molecule has 1 aromatic rings.